The van der Waals surface area contributed by atoms with Crippen LogP contribution in [0, 0.1) is 0 Å². The van der Waals surface area contributed by atoms with E-state index in [1.165, 1.54) is 16.6 Å². The van der Waals surface area contributed by atoms with Crippen LogP contribution in [0.1, 0.15) is 5.56 Å². The Morgan fingerprint density at radius 2 is 1.81 bits per heavy atom. The number of nitrogens with one attached hydrogen (secondary N) is 1. The van der Waals surface area contributed by atoms with Crippen molar-refractivity contribution in [3.05, 3.63) is 64.9 Å². The molecule has 0 saturated heterocycles. The van der Waals surface area contributed by atoms with E-state index in [4.69, 9.17) is 0 Å². The van der Waals surface area contributed by atoms with Gasteiger partial charge < -0.3 is 5.32 Å². The largest absolute Gasteiger partial charge is 0.416 e. The summed E-state index contributed by atoms with van der Waals surface area (Å²) < 4.78 is 40.2. The summed E-state index contributed by atoms with van der Waals surface area (Å²) in [5.74, 6) is 0.288. The lowest BCUT2D eigenvalue weighted by atomic mass is 10.2. The molecule has 0 fully saturated rings. The van der Waals surface area contributed by atoms with E-state index in [2.05, 4.69) is 41.5 Å². The third-order valence-corrected chi connectivity index (χ3v) is 4.40. The van der Waals surface area contributed by atoms with E-state index in [1.54, 1.807) is 18.5 Å². The molecule has 0 bridgehead atoms. The highest BCUT2D eigenvalue weighted by Gasteiger charge is 2.30. The molecule has 0 saturated carbocycles. The smallest absolute Gasteiger partial charge is 0.323 e. The number of anilines is 2. The minimum atomic E-state index is -4.38. The van der Waals surface area contributed by atoms with Crippen molar-refractivity contribution in [1.29, 1.82) is 0 Å². The molecule has 6 nitrogen and oxygen atoms in total. The molecule has 0 atom stereocenters. The Bertz CT molecular complexity index is 1110. The lowest BCUT2D eigenvalue weighted by Crippen LogP contribution is -2.05. The Morgan fingerprint density at radius 3 is 2.52 bits per heavy atom. The first-order valence-corrected chi connectivity index (χ1v) is 8.48. The zero-order valence-corrected chi connectivity index (χ0v) is 15.0. The summed E-state index contributed by atoms with van der Waals surface area (Å²) in [5.41, 5.74) is 1.66. The number of fused-ring (bicyclic) bond motifs is 1. The fraction of sp³-hybridized carbons (Fsp3) is 0.0588. The lowest BCUT2D eigenvalue weighted by molar-refractivity contribution is -0.137. The molecule has 0 aliphatic rings. The van der Waals surface area contributed by atoms with Gasteiger partial charge in [-0.2, -0.15) is 22.8 Å². The first-order valence-electron chi connectivity index (χ1n) is 7.68. The van der Waals surface area contributed by atoms with Gasteiger partial charge in [0.25, 0.3) is 0 Å². The summed E-state index contributed by atoms with van der Waals surface area (Å²) in [4.78, 5) is 4.31. The zero-order chi connectivity index (χ0) is 19.0. The Balaban J connectivity index is 1.63. The molecular formula is C17H10BrF3N6. The lowest BCUT2D eigenvalue weighted by Gasteiger charge is -2.08. The highest BCUT2D eigenvalue weighted by molar-refractivity contribution is 9.10. The maximum absolute atomic E-state index is 12.6. The quantitative estimate of drug-likeness (QED) is 0.505. The molecule has 3 heterocycles. The summed E-state index contributed by atoms with van der Waals surface area (Å²) in [6, 6.07) is 10.1. The monoisotopic (exact) mass is 434 g/mol. The molecule has 0 radical (unpaired) electrons. The van der Waals surface area contributed by atoms with E-state index in [9.17, 15) is 13.2 Å². The summed E-state index contributed by atoms with van der Waals surface area (Å²) in [5, 5.41) is 15.3. The van der Waals surface area contributed by atoms with Crippen LogP contribution in [-0.4, -0.2) is 24.8 Å². The molecule has 4 rings (SSSR count). The van der Waals surface area contributed by atoms with Crippen molar-refractivity contribution < 1.29 is 13.2 Å². The third kappa shape index (κ3) is 3.47. The fourth-order valence-corrected chi connectivity index (χ4v) is 2.95. The fourth-order valence-electron chi connectivity index (χ4n) is 2.47. The second kappa shape index (κ2) is 6.62. The molecule has 136 valence electrons. The molecule has 10 heteroatoms. The Hall–Kier alpha value is -3.01. The van der Waals surface area contributed by atoms with Gasteiger partial charge in [-0.1, -0.05) is 0 Å². The number of nitrogens with zero attached hydrogens (tertiary/aromatic N) is 5. The molecule has 4 aromatic rings. The first kappa shape index (κ1) is 17.4. The number of aromatic nitrogens is 5. The molecule has 27 heavy (non-hydrogen) atoms. The van der Waals surface area contributed by atoms with E-state index in [0.29, 0.717) is 17.0 Å². The van der Waals surface area contributed by atoms with Crippen LogP contribution in [-0.2, 0) is 6.18 Å². The number of rotatable bonds is 3. The Morgan fingerprint density at radius 1 is 1.04 bits per heavy atom. The summed E-state index contributed by atoms with van der Waals surface area (Å²) in [6.07, 6.45) is -1.09. The van der Waals surface area contributed by atoms with Crippen LogP contribution >= 0.6 is 15.9 Å². The molecule has 1 N–H and O–H groups in total. The highest BCUT2D eigenvalue weighted by atomic mass is 79.9. The Labute approximate surface area is 159 Å². The van der Waals surface area contributed by atoms with Crippen molar-refractivity contribution in [2.75, 3.05) is 5.32 Å². The third-order valence-electron chi connectivity index (χ3n) is 3.76. The number of hydrogen-bond acceptors (Lipinski definition) is 5. The van der Waals surface area contributed by atoms with E-state index in [-0.39, 0.29) is 5.95 Å². The second-order valence-electron chi connectivity index (χ2n) is 5.57. The standard InChI is InChI=1S/C17H10BrF3N6/c18-13-2-1-7-22-15(13)10-8-14-25-26-16(27(14)23-9-10)24-12-5-3-11(4-6-12)17(19,20)21/h1-9H,(H,24,26). The topological polar surface area (TPSA) is 68.0 Å². The molecule has 3 aromatic heterocycles. The van der Waals surface area contributed by atoms with Gasteiger partial charge in [-0.15, -0.1) is 10.2 Å². The highest BCUT2D eigenvalue weighted by Crippen LogP contribution is 2.30. The van der Waals surface area contributed by atoms with Gasteiger partial charge in [0.05, 0.1) is 17.5 Å². The van der Waals surface area contributed by atoms with Gasteiger partial charge in [-0.05, 0) is 58.4 Å². The summed E-state index contributed by atoms with van der Waals surface area (Å²) >= 11 is 3.44. The SMILES string of the molecule is FC(F)(F)c1ccc(Nc2nnc3cc(-c4ncccc4Br)cnn23)cc1. The van der Waals surface area contributed by atoms with Gasteiger partial charge in [0.1, 0.15) is 0 Å². The van der Waals surface area contributed by atoms with E-state index in [1.807, 2.05) is 12.1 Å². The van der Waals surface area contributed by atoms with E-state index in [0.717, 1.165) is 22.2 Å². The number of hydrogen-bond donors (Lipinski definition) is 1. The van der Waals surface area contributed by atoms with Crippen LogP contribution in [0.4, 0.5) is 24.8 Å². The predicted octanol–water partition coefficient (Wildman–Crippen LogP) is 4.71. The molecule has 0 aliphatic heterocycles. The van der Waals surface area contributed by atoms with Gasteiger partial charge in [0.2, 0.25) is 5.95 Å². The van der Waals surface area contributed by atoms with Crippen molar-refractivity contribution in [1.82, 2.24) is 24.8 Å². The van der Waals surface area contributed by atoms with Crippen LogP contribution in [0.25, 0.3) is 16.9 Å². The number of benzene rings is 1. The second-order valence-corrected chi connectivity index (χ2v) is 6.43. The first-order chi connectivity index (χ1) is 12.9. The summed E-state index contributed by atoms with van der Waals surface area (Å²) in [7, 11) is 0. The van der Waals surface area contributed by atoms with Crippen LogP contribution < -0.4 is 5.32 Å². The summed E-state index contributed by atoms with van der Waals surface area (Å²) in [6.45, 7) is 0. The van der Waals surface area contributed by atoms with Gasteiger partial charge in [-0.25, -0.2) is 0 Å². The van der Waals surface area contributed by atoms with Crippen molar-refractivity contribution in [2.45, 2.75) is 6.18 Å². The average Bonchev–Trinajstić information content (AvgIpc) is 3.04. The van der Waals surface area contributed by atoms with Gasteiger partial charge >= 0.3 is 6.18 Å². The molecule has 0 unspecified atom stereocenters. The minimum absolute atomic E-state index is 0.288. The molecule has 0 amide bonds. The molecule has 1 aromatic carbocycles. The average molecular weight is 435 g/mol. The molecule has 0 spiro atoms. The van der Waals surface area contributed by atoms with Crippen molar-refractivity contribution >= 4 is 33.2 Å². The van der Waals surface area contributed by atoms with Crippen molar-refractivity contribution in [2.24, 2.45) is 0 Å². The van der Waals surface area contributed by atoms with Crippen LogP contribution in [0.15, 0.2) is 59.3 Å². The van der Waals surface area contributed by atoms with Gasteiger partial charge in [0.15, 0.2) is 5.65 Å². The Kier molecular flexibility index (Phi) is 4.27. The number of halogens is 4. The van der Waals surface area contributed by atoms with Crippen molar-refractivity contribution in [3.8, 4) is 11.3 Å². The number of pyridine rings is 1. The minimum Gasteiger partial charge on any atom is -0.323 e. The number of alkyl halides is 3. The van der Waals surface area contributed by atoms with Crippen LogP contribution in [0.2, 0.25) is 0 Å². The normalized spacial score (nSPS) is 11.7. The van der Waals surface area contributed by atoms with Gasteiger partial charge in [0, 0.05) is 21.9 Å². The zero-order valence-electron chi connectivity index (χ0n) is 13.4. The van der Waals surface area contributed by atoms with E-state index >= 15 is 0 Å². The maximum Gasteiger partial charge on any atom is 0.416 e. The van der Waals surface area contributed by atoms with E-state index < -0.39 is 11.7 Å². The van der Waals surface area contributed by atoms with Crippen molar-refractivity contribution in [3.63, 3.8) is 0 Å². The maximum atomic E-state index is 12.6. The van der Waals surface area contributed by atoms with Gasteiger partial charge in [-0.3, -0.25) is 4.98 Å². The molecular weight excluding hydrogens is 425 g/mol. The van der Waals surface area contributed by atoms with Crippen LogP contribution in [0.3, 0.4) is 0 Å². The van der Waals surface area contributed by atoms with Crippen LogP contribution in [0.5, 0.6) is 0 Å². The molecule has 0 aliphatic carbocycles. The predicted molar refractivity (Wildman–Crippen MR) is 96.4 cm³/mol.